The smallest absolute Gasteiger partial charge is 0.271 e. The van der Waals surface area contributed by atoms with Crippen LogP contribution in [0, 0.1) is 10.1 Å². The molecule has 0 saturated heterocycles. The fourth-order valence-electron chi connectivity index (χ4n) is 2.54. The second kappa shape index (κ2) is 6.22. The fraction of sp³-hybridized carbons (Fsp3) is 0.200. The van der Waals surface area contributed by atoms with Gasteiger partial charge in [0.2, 0.25) is 0 Å². The number of nitrogen functional groups attached to an aromatic ring is 1. The summed E-state index contributed by atoms with van der Waals surface area (Å²) in [5.74, 6) is 0.142. The highest BCUT2D eigenvalue weighted by molar-refractivity contribution is 7.92. The molecule has 1 aliphatic rings. The van der Waals surface area contributed by atoms with E-state index in [1.54, 1.807) is 6.07 Å². The Hall–Kier alpha value is -2.85. The summed E-state index contributed by atoms with van der Waals surface area (Å²) in [4.78, 5) is 10.3. The molecule has 2 aromatic carbocycles. The summed E-state index contributed by atoms with van der Waals surface area (Å²) < 4.78 is 32.5. The van der Waals surface area contributed by atoms with Crippen molar-refractivity contribution in [2.24, 2.45) is 0 Å². The molecule has 9 nitrogen and oxygen atoms in total. The van der Waals surface area contributed by atoms with E-state index in [0.29, 0.717) is 0 Å². The van der Waals surface area contributed by atoms with Gasteiger partial charge < -0.3 is 15.6 Å². The molecule has 0 aliphatic carbocycles. The Bertz CT molecular complexity index is 931. The number of aliphatic hydroxyl groups is 1. The summed E-state index contributed by atoms with van der Waals surface area (Å²) in [6.45, 7) is -0.582. The van der Waals surface area contributed by atoms with Crippen LogP contribution in [-0.4, -0.2) is 37.7 Å². The zero-order valence-corrected chi connectivity index (χ0v) is 13.7. The molecule has 1 aliphatic heterocycles. The molecule has 3 N–H and O–H groups in total. The molecule has 1 atom stereocenters. The number of rotatable bonds is 4. The standard InChI is InChI=1S/C15H15N3O6S/c16-10-2-1-3-13(6-10)25(22,23)17-8-12(9-19)24-15-5-4-11(18(20)21)7-14(15)17/h1-7,12,19H,8-9,16H2/t12-/m1/s1. The molecule has 3 rings (SSSR count). The molecule has 0 radical (unpaired) electrons. The SMILES string of the molecule is Nc1cccc(S(=O)(=O)N2C[C@H](CO)Oc3ccc([N+](=O)[O-])cc32)c1. The van der Waals surface area contributed by atoms with Gasteiger partial charge in [0.25, 0.3) is 15.7 Å². The summed E-state index contributed by atoms with van der Waals surface area (Å²) >= 11 is 0. The molecule has 0 amide bonds. The average Bonchev–Trinajstić information content (AvgIpc) is 2.60. The van der Waals surface area contributed by atoms with Crippen molar-refractivity contribution in [3.05, 3.63) is 52.6 Å². The van der Waals surface area contributed by atoms with Gasteiger partial charge in [-0.3, -0.25) is 14.4 Å². The summed E-state index contributed by atoms with van der Waals surface area (Å²) in [6.07, 6.45) is -0.787. The number of benzene rings is 2. The number of nitrogens with two attached hydrogens (primary N) is 1. The molecule has 2 aromatic rings. The Kier molecular flexibility index (Phi) is 4.23. The van der Waals surface area contributed by atoms with Gasteiger partial charge in [-0.2, -0.15) is 0 Å². The van der Waals surface area contributed by atoms with E-state index in [0.717, 1.165) is 10.4 Å². The normalized spacial score (nSPS) is 16.8. The van der Waals surface area contributed by atoms with Crippen molar-refractivity contribution >= 4 is 27.1 Å². The first-order chi connectivity index (χ1) is 11.8. The van der Waals surface area contributed by atoms with Crippen LogP contribution in [0.2, 0.25) is 0 Å². The topological polar surface area (TPSA) is 136 Å². The van der Waals surface area contributed by atoms with Crippen molar-refractivity contribution in [2.45, 2.75) is 11.0 Å². The van der Waals surface area contributed by atoms with E-state index in [1.807, 2.05) is 0 Å². The lowest BCUT2D eigenvalue weighted by atomic mass is 10.2. The minimum Gasteiger partial charge on any atom is -0.484 e. The van der Waals surface area contributed by atoms with Crippen molar-refractivity contribution in [1.29, 1.82) is 0 Å². The van der Waals surface area contributed by atoms with E-state index in [2.05, 4.69) is 0 Å². The van der Waals surface area contributed by atoms with Crippen molar-refractivity contribution in [2.75, 3.05) is 23.2 Å². The summed E-state index contributed by atoms with van der Waals surface area (Å²) in [7, 11) is -4.04. The van der Waals surface area contributed by atoms with Crippen LogP contribution in [-0.2, 0) is 10.0 Å². The molecule has 1 heterocycles. The first-order valence-electron chi connectivity index (χ1n) is 7.27. The van der Waals surface area contributed by atoms with Gasteiger partial charge in [-0.15, -0.1) is 0 Å². The van der Waals surface area contributed by atoms with Crippen molar-refractivity contribution in [3.63, 3.8) is 0 Å². The minimum absolute atomic E-state index is 0.0429. The number of non-ortho nitro benzene ring substituents is 1. The lowest BCUT2D eigenvalue weighted by Gasteiger charge is -2.34. The maximum atomic E-state index is 13.0. The number of nitro groups is 1. The van der Waals surface area contributed by atoms with E-state index < -0.39 is 27.7 Å². The quantitative estimate of drug-likeness (QED) is 0.471. The number of nitrogens with zero attached hydrogens (tertiary/aromatic N) is 2. The van der Waals surface area contributed by atoms with Crippen LogP contribution in [0.3, 0.4) is 0 Å². The average molecular weight is 365 g/mol. The molecule has 10 heteroatoms. The van der Waals surface area contributed by atoms with Crippen LogP contribution in [0.1, 0.15) is 0 Å². The zero-order valence-electron chi connectivity index (χ0n) is 12.9. The van der Waals surface area contributed by atoms with Gasteiger partial charge in [0.1, 0.15) is 17.5 Å². The van der Waals surface area contributed by atoms with Gasteiger partial charge in [0, 0.05) is 17.8 Å². The highest BCUT2D eigenvalue weighted by Crippen LogP contribution is 2.39. The fourth-order valence-corrected chi connectivity index (χ4v) is 4.09. The van der Waals surface area contributed by atoms with Gasteiger partial charge in [0.05, 0.1) is 23.0 Å². The molecule has 132 valence electrons. The number of aliphatic hydroxyl groups excluding tert-OH is 1. The summed E-state index contributed by atoms with van der Waals surface area (Å²) in [5.41, 5.74) is 5.71. The number of fused-ring (bicyclic) bond motifs is 1. The Morgan fingerprint density at radius 3 is 2.72 bits per heavy atom. The summed E-state index contributed by atoms with van der Waals surface area (Å²) in [5, 5.41) is 20.4. The Morgan fingerprint density at radius 2 is 2.08 bits per heavy atom. The van der Waals surface area contributed by atoms with Gasteiger partial charge in [-0.05, 0) is 24.3 Å². The van der Waals surface area contributed by atoms with Crippen LogP contribution in [0.15, 0.2) is 47.4 Å². The Labute approximate surface area is 143 Å². The molecule has 0 bridgehead atoms. The second-order valence-electron chi connectivity index (χ2n) is 5.44. The highest BCUT2D eigenvalue weighted by atomic mass is 32.2. The van der Waals surface area contributed by atoms with Crippen LogP contribution in [0.5, 0.6) is 5.75 Å². The van der Waals surface area contributed by atoms with Gasteiger partial charge in [-0.25, -0.2) is 8.42 Å². The van der Waals surface area contributed by atoms with Crippen molar-refractivity contribution < 1.29 is 23.2 Å². The minimum atomic E-state index is -4.04. The van der Waals surface area contributed by atoms with E-state index in [-0.39, 0.29) is 34.3 Å². The van der Waals surface area contributed by atoms with Gasteiger partial charge >= 0.3 is 0 Å². The van der Waals surface area contributed by atoms with E-state index >= 15 is 0 Å². The third kappa shape index (κ3) is 3.08. The largest absolute Gasteiger partial charge is 0.484 e. The number of sulfonamides is 1. The summed E-state index contributed by atoms with van der Waals surface area (Å²) in [6, 6.07) is 9.39. The zero-order chi connectivity index (χ0) is 18.2. The first kappa shape index (κ1) is 17.0. The van der Waals surface area contributed by atoms with E-state index in [1.165, 1.54) is 30.3 Å². The van der Waals surface area contributed by atoms with E-state index in [9.17, 15) is 23.6 Å². The van der Waals surface area contributed by atoms with Crippen LogP contribution >= 0.6 is 0 Å². The Morgan fingerprint density at radius 1 is 1.32 bits per heavy atom. The third-order valence-electron chi connectivity index (χ3n) is 3.73. The lowest BCUT2D eigenvalue weighted by molar-refractivity contribution is -0.384. The van der Waals surface area contributed by atoms with Crippen molar-refractivity contribution in [1.82, 2.24) is 0 Å². The van der Waals surface area contributed by atoms with Gasteiger partial charge in [0.15, 0.2) is 0 Å². The number of ether oxygens (including phenoxy) is 1. The van der Waals surface area contributed by atoms with Crippen LogP contribution in [0.4, 0.5) is 17.1 Å². The number of nitro benzene ring substituents is 1. The molecule has 0 unspecified atom stereocenters. The van der Waals surface area contributed by atoms with E-state index in [4.69, 9.17) is 10.5 Å². The molecule has 0 spiro atoms. The molecule has 25 heavy (non-hydrogen) atoms. The lowest BCUT2D eigenvalue weighted by Crippen LogP contribution is -2.45. The predicted octanol–water partition coefficient (Wildman–Crippen LogP) is 1.13. The van der Waals surface area contributed by atoms with Gasteiger partial charge in [-0.1, -0.05) is 6.07 Å². The predicted molar refractivity (Wildman–Crippen MR) is 90.0 cm³/mol. The van der Waals surface area contributed by atoms with Crippen LogP contribution in [0.25, 0.3) is 0 Å². The van der Waals surface area contributed by atoms with Crippen LogP contribution < -0.4 is 14.8 Å². The molecule has 0 saturated carbocycles. The third-order valence-corrected chi connectivity index (χ3v) is 5.51. The molecular weight excluding hydrogens is 350 g/mol. The maximum Gasteiger partial charge on any atom is 0.271 e. The molecule has 0 fully saturated rings. The maximum absolute atomic E-state index is 13.0. The molecular formula is C15H15N3O6S. The van der Waals surface area contributed by atoms with Crippen molar-refractivity contribution in [3.8, 4) is 5.75 Å². The highest BCUT2D eigenvalue weighted by Gasteiger charge is 2.35. The number of anilines is 2. The first-order valence-corrected chi connectivity index (χ1v) is 8.71. The molecule has 0 aromatic heterocycles. The second-order valence-corrected chi connectivity index (χ2v) is 7.30. The monoisotopic (exact) mass is 365 g/mol. The number of hydrogen-bond donors (Lipinski definition) is 2. The Balaban J connectivity index is 2.15. The number of hydrogen-bond acceptors (Lipinski definition) is 7.